The molecule has 0 bridgehead atoms. The Morgan fingerprint density at radius 2 is 1.72 bits per heavy atom. The molecule has 1 N–H and O–H groups in total. The summed E-state index contributed by atoms with van der Waals surface area (Å²) in [6.45, 7) is 2.50. The zero-order valence-electron chi connectivity index (χ0n) is 20.3. The van der Waals surface area contributed by atoms with Crippen LogP contribution in [0.3, 0.4) is 0 Å². The van der Waals surface area contributed by atoms with Crippen molar-refractivity contribution < 1.29 is 27.5 Å². The Hall–Kier alpha value is -2.69. The number of carbonyl (C=O) groups excluding carboxylic acids is 2. The highest BCUT2D eigenvalue weighted by molar-refractivity contribution is 7.92. The van der Waals surface area contributed by atoms with Gasteiger partial charge in [-0.3, -0.25) is 13.9 Å². The molecule has 36 heavy (non-hydrogen) atoms. The fourth-order valence-electron chi connectivity index (χ4n) is 3.84. The van der Waals surface area contributed by atoms with Gasteiger partial charge in [0.1, 0.15) is 19.3 Å². The molecule has 1 heterocycles. The van der Waals surface area contributed by atoms with E-state index >= 15 is 0 Å². The Labute approximate surface area is 221 Å². The summed E-state index contributed by atoms with van der Waals surface area (Å²) in [5.41, 5.74) is 0.937. The van der Waals surface area contributed by atoms with Crippen molar-refractivity contribution in [2.75, 3.05) is 37.4 Å². The lowest BCUT2D eigenvalue weighted by Crippen LogP contribution is -2.47. The van der Waals surface area contributed by atoms with Crippen LogP contribution < -0.4 is 19.1 Å². The smallest absolute Gasteiger partial charge is 0.242 e. The number of ether oxygens (including phenoxy) is 2. The summed E-state index contributed by atoms with van der Waals surface area (Å²) < 4.78 is 37.4. The molecule has 0 saturated heterocycles. The number of hydrogen-bond donors (Lipinski definition) is 1. The molecule has 9 nitrogen and oxygen atoms in total. The molecule has 0 aliphatic carbocycles. The van der Waals surface area contributed by atoms with Gasteiger partial charge >= 0.3 is 0 Å². The molecule has 0 saturated carbocycles. The first-order chi connectivity index (χ1) is 17.0. The first-order valence-corrected chi connectivity index (χ1v) is 13.9. The van der Waals surface area contributed by atoms with Gasteiger partial charge in [0.05, 0.1) is 11.9 Å². The predicted molar refractivity (Wildman–Crippen MR) is 139 cm³/mol. The van der Waals surface area contributed by atoms with E-state index < -0.39 is 16.1 Å². The zero-order valence-corrected chi connectivity index (χ0v) is 22.6. The van der Waals surface area contributed by atoms with Crippen molar-refractivity contribution in [3.05, 3.63) is 52.0 Å². The van der Waals surface area contributed by atoms with Crippen LogP contribution in [0.4, 0.5) is 5.69 Å². The lowest BCUT2D eigenvalue weighted by atomic mass is 10.1. The van der Waals surface area contributed by atoms with Gasteiger partial charge in [-0.15, -0.1) is 0 Å². The van der Waals surface area contributed by atoms with Crippen LogP contribution in [0.25, 0.3) is 0 Å². The van der Waals surface area contributed by atoms with E-state index in [9.17, 15) is 18.0 Å². The second-order valence-corrected chi connectivity index (χ2v) is 11.0. The highest BCUT2D eigenvalue weighted by atomic mass is 35.5. The number of rotatable bonds is 10. The average Bonchev–Trinajstić information content (AvgIpc) is 2.84. The number of benzene rings is 2. The number of nitrogens with one attached hydrogen (secondary N) is 1. The molecule has 3 rings (SSSR count). The summed E-state index contributed by atoms with van der Waals surface area (Å²) in [5, 5.41) is 3.31. The SMILES string of the molecule is CNC(=O)C(C)N(Cc1c(Cl)cccc1Cl)C(=O)CCCN(c1ccc2c(c1)OCCO2)S(C)(=O)=O. The Kier molecular flexibility index (Phi) is 9.32. The van der Waals surface area contributed by atoms with E-state index in [1.807, 2.05) is 0 Å². The number of carbonyl (C=O) groups is 2. The third kappa shape index (κ3) is 6.74. The van der Waals surface area contributed by atoms with E-state index in [4.69, 9.17) is 32.7 Å². The summed E-state index contributed by atoms with van der Waals surface area (Å²) in [5.74, 6) is 0.328. The monoisotopic (exact) mass is 557 g/mol. The standard InChI is InChI=1S/C24H29Cl2N3O6S/c1-16(24(31)27-2)28(15-18-19(25)6-4-7-20(18)26)23(30)8-5-11-29(36(3,32)33)17-9-10-21-22(14-17)35-13-12-34-21/h4,6-7,9-10,14,16H,5,8,11-13,15H2,1-3H3,(H,27,31). The molecule has 1 aliphatic heterocycles. The molecule has 12 heteroatoms. The summed E-state index contributed by atoms with van der Waals surface area (Å²) in [7, 11) is -2.16. The van der Waals surface area contributed by atoms with Gasteiger partial charge in [0.25, 0.3) is 0 Å². The van der Waals surface area contributed by atoms with Gasteiger partial charge in [0.2, 0.25) is 21.8 Å². The molecule has 0 fully saturated rings. The van der Waals surface area contributed by atoms with Crippen LogP contribution in [0.15, 0.2) is 36.4 Å². The number of fused-ring (bicyclic) bond motifs is 1. The summed E-state index contributed by atoms with van der Waals surface area (Å²) in [6, 6.07) is 9.12. The van der Waals surface area contributed by atoms with E-state index in [2.05, 4.69) is 5.32 Å². The average molecular weight is 558 g/mol. The molecular formula is C24H29Cl2N3O6S. The minimum Gasteiger partial charge on any atom is -0.486 e. The van der Waals surface area contributed by atoms with Crippen LogP contribution in [0.2, 0.25) is 10.0 Å². The van der Waals surface area contributed by atoms with E-state index in [-0.39, 0.29) is 37.7 Å². The van der Waals surface area contributed by atoms with Crippen LogP contribution in [-0.4, -0.2) is 64.2 Å². The maximum absolute atomic E-state index is 13.2. The van der Waals surface area contributed by atoms with Crippen molar-refractivity contribution >= 4 is 50.7 Å². The summed E-state index contributed by atoms with van der Waals surface area (Å²) in [4.78, 5) is 27.0. The number of nitrogens with zero attached hydrogens (tertiary/aromatic N) is 2. The van der Waals surface area contributed by atoms with Gasteiger partial charge in [0, 0.05) is 48.2 Å². The van der Waals surface area contributed by atoms with E-state index in [0.717, 1.165) is 6.26 Å². The first-order valence-electron chi connectivity index (χ1n) is 11.3. The van der Waals surface area contributed by atoms with E-state index in [1.165, 1.54) is 16.3 Å². The van der Waals surface area contributed by atoms with E-state index in [0.29, 0.717) is 46.0 Å². The predicted octanol–water partition coefficient (Wildman–Crippen LogP) is 3.47. The number of hydrogen-bond acceptors (Lipinski definition) is 6. The molecule has 2 amide bonds. The number of sulfonamides is 1. The van der Waals surface area contributed by atoms with Gasteiger partial charge in [-0.1, -0.05) is 29.3 Å². The van der Waals surface area contributed by atoms with Crippen molar-refractivity contribution in [1.29, 1.82) is 0 Å². The van der Waals surface area contributed by atoms with Crippen LogP contribution in [-0.2, 0) is 26.2 Å². The fraction of sp³-hybridized carbons (Fsp3) is 0.417. The van der Waals surface area contributed by atoms with Gasteiger partial charge in [-0.05, 0) is 37.6 Å². The largest absolute Gasteiger partial charge is 0.486 e. The molecule has 0 radical (unpaired) electrons. The van der Waals surface area contributed by atoms with Crippen LogP contribution in [0.1, 0.15) is 25.3 Å². The Morgan fingerprint density at radius 3 is 2.33 bits per heavy atom. The molecule has 1 unspecified atom stereocenters. The third-order valence-corrected chi connectivity index (χ3v) is 7.67. The second kappa shape index (κ2) is 12.0. The number of likely N-dealkylation sites (N-methyl/N-ethyl adjacent to an activating group) is 1. The van der Waals surface area contributed by atoms with Crippen molar-refractivity contribution in [3.63, 3.8) is 0 Å². The molecule has 196 valence electrons. The molecular weight excluding hydrogens is 529 g/mol. The second-order valence-electron chi connectivity index (χ2n) is 8.28. The third-order valence-electron chi connectivity index (χ3n) is 5.77. The quantitative estimate of drug-likeness (QED) is 0.479. The topological polar surface area (TPSA) is 105 Å². The Morgan fingerprint density at radius 1 is 1.08 bits per heavy atom. The summed E-state index contributed by atoms with van der Waals surface area (Å²) in [6.07, 6.45) is 1.32. The van der Waals surface area contributed by atoms with Gasteiger partial charge in [-0.2, -0.15) is 0 Å². The molecule has 0 aromatic heterocycles. The lowest BCUT2D eigenvalue weighted by molar-refractivity contribution is -0.140. The zero-order chi connectivity index (χ0) is 26.5. The van der Waals surface area contributed by atoms with Crippen molar-refractivity contribution in [2.45, 2.75) is 32.4 Å². The van der Waals surface area contributed by atoms with Crippen molar-refractivity contribution in [3.8, 4) is 11.5 Å². The molecule has 0 spiro atoms. The van der Waals surface area contributed by atoms with E-state index in [1.54, 1.807) is 43.3 Å². The number of halogens is 2. The maximum Gasteiger partial charge on any atom is 0.242 e. The lowest BCUT2D eigenvalue weighted by Gasteiger charge is -2.29. The number of anilines is 1. The minimum absolute atomic E-state index is 0.0000220. The maximum atomic E-state index is 13.2. The van der Waals surface area contributed by atoms with Gasteiger partial charge in [0.15, 0.2) is 11.5 Å². The van der Waals surface area contributed by atoms with Gasteiger partial charge in [-0.25, -0.2) is 8.42 Å². The molecule has 1 atom stereocenters. The van der Waals surface area contributed by atoms with Crippen molar-refractivity contribution in [1.82, 2.24) is 10.2 Å². The van der Waals surface area contributed by atoms with Crippen LogP contribution >= 0.6 is 23.2 Å². The Bertz CT molecular complexity index is 1200. The Balaban J connectivity index is 1.76. The minimum atomic E-state index is -3.64. The molecule has 1 aliphatic rings. The highest BCUT2D eigenvalue weighted by Gasteiger charge is 2.27. The summed E-state index contributed by atoms with van der Waals surface area (Å²) >= 11 is 12.6. The number of amides is 2. The van der Waals surface area contributed by atoms with Crippen molar-refractivity contribution in [2.24, 2.45) is 0 Å². The van der Waals surface area contributed by atoms with Crippen LogP contribution in [0, 0.1) is 0 Å². The highest BCUT2D eigenvalue weighted by Crippen LogP contribution is 2.35. The van der Waals surface area contributed by atoms with Crippen LogP contribution in [0.5, 0.6) is 11.5 Å². The first kappa shape index (κ1) is 27.9. The molecule has 2 aromatic carbocycles. The normalized spacial score (nSPS) is 13.6. The van der Waals surface area contributed by atoms with Gasteiger partial charge < -0.3 is 19.7 Å². The molecule has 2 aromatic rings. The fourth-order valence-corrected chi connectivity index (χ4v) is 5.31.